The third-order valence-electron chi connectivity index (χ3n) is 3.29. The maximum atomic E-state index is 11.3. The first-order valence-electron chi connectivity index (χ1n) is 5.15. The number of nitrogens with zero attached hydrogens (tertiary/aromatic N) is 1. The van der Waals surface area contributed by atoms with Crippen LogP contribution in [0.4, 0.5) is 5.69 Å². The Morgan fingerprint density at radius 2 is 2.12 bits per heavy atom. The quantitative estimate of drug-likeness (QED) is 0.665. The molecule has 1 aromatic rings. The van der Waals surface area contributed by atoms with Crippen LogP contribution in [-0.2, 0) is 10.2 Å². The third-order valence-corrected chi connectivity index (χ3v) is 3.52. The smallest absolute Gasteiger partial charge is 0.314 e. The number of carbonyl (C=O) groups is 1. The van der Waals surface area contributed by atoms with Crippen molar-refractivity contribution in [3.63, 3.8) is 0 Å². The van der Waals surface area contributed by atoms with Crippen molar-refractivity contribution < 1.29 is 14.8 Å². The van der Waals surface area contributed by atoms with Gasteiger partial charge < -0.3 is 5.11 Å². The van der Waals surface area contributed by atoms with Crippen LogP contribution in [0.2, 0.25) is 5.02 Å². The van der Waals surface area contributed by atoms with Gasteiger partial charge in [-0.3, -0.25) is 14.9 Å². The van der Waals surface area contributed by atoms with E-state index in [9.17, 15) is 20.0 Å². The van der Waals surface area contributed by atoms with Crippen LogP contribution >= 0.6 is 11.6 Å². The summed E-state index contributed by atoms with van der Waals surface area (Å²) in [7, 11) is 0. The van der Waals surface area contributed by atoms with Gasteiger partial charge in [-0.1, -0.05) is 18.0 Å². The number of aliphatic carboxylic acids is 1. The fraction of sp³-hybridized carbons (Fsp3) is 0.364. The Kier molecular flexibility index (Phi) is 2.79. The van der Waals surface area contributed by atoms with Crippen LogP contribution in [0.15, 0.2) is 18.2 Å². The van der Waals surface area contributed by atoms with E-state index in [1.54, 1.807) is 0 Å². The lowest BCUT2D eigenvalue weighted by Gasteiger charge is -2.37. The van der Waals surface area contributed by atoms with Crippen LogP contribution in [-0.4, -0.2) is 16.0 Å². The molecule has 1 aromatic carbocycles. The number of carboxylic acid groups (broad SMARTS) is 1. The van der Waals surface area contributed by atoms with Gasteiger partial charge in [0.25, 0.3) is 5.69 Å². The van der Waals surface area contributed by atoms with Crippen molar-refractivity contribution in [3.8, 4) is 0 Å². The molecular formula is C11H10ClNO4. The summed E-state index contributed by atoms with van der Waals surface area (Å²) < 4.78 is 0. The van der Waals surface area contributed by atoms with Gasteiger partial charge in [0.1, 0.15) is 0 Å². The number of carboxylic acids is 1. The third kappa shape index (κ3) is 1.76. The minimum absolute atomic E-state index is 0.170. The van der Waals surface area contributed by atoms with Crippen molar-refractivity contribution >= 4 is 23.3 Å². The summed E-state index contributed by atoms with van der Waals surface area (Å²) in [6.45, 7) is 0. The summed E-state index contributed by atoms with van der Waals surface area (Å²) in [6, 6.07) is 4.06. The highest BCUT2D eigenvalue weighted by molar-refractivity contribution is 6.30. The zero-order valence-electron chi connectivity index (χ0n) is 8.85. The van der Waals surface area contributed by atoms with Gasteiger partial charge in [-0.25, -0.2) is 0 Å². The molecule has 0 unspecified atom stereocenters. The van der Waals surface area contributed by atoms with Crippen LogP contribution < -0.4 is 0 Å². The minimum atomic E-state index is -1.13. The summed E-state index contributed by atoms with van der Waals surface area (Å²) in [5, 5.41) is 20.5. The molecule has 0 heterocycles. The lowest BCUT2D eigenvalue weighted by Crippen LogP contribution is -2.42. The van der Waals surface area contributed by atoms with Crippen LogP contribution in [0.5, 0.6) is 0 Å². The van der Waals surface area contributed by atoms with Gasteiger partial charge in [0.2, 0.25) is 0 Å². The Labute approximate surface area is 102 Å². The normalized spacial score (nSPS) is 17.2. The van der Waals surface area contributed by atoms with Crippen molar-refractivity contribution in [2.45, 2.75) is 24.7 Å². The van der Waals surface area contributed by atoms with Gasteiger partial charge in [0.05, 0.1) is 10.3 Å². The molecule has 0 spiro atoms. The molecule has 0 amide bonds. The molecule has 1 fully saturated rings. The second kappa shape index (κ2) is 4.00. The van der Waals surface area contributed by atoms with Crippen molar-refractivity contribution in [2.75, 3.05) is 0 Å². The van der Waals surface area contributed by atoms with Gasteiger partial charge in [0.15, 0.2) is 0 Å². The van der Waals surface area contributed by atoms with Crippen molar-refractivity contribution in [1.82, 2.24) is 0 Å². The van der Waals surface area contributed by atoms with Gasteiger partial charge in [-0.05, 0) is 25.0 Å². The van der Waals surface area contributed by atoms with Crippen molar-refractivity contribution in [1.29, 1.82) is 0 Å². The Morgan fingerprint density at radius 3 is 2.53 bits per heavy atom. The van der Waals surface area contributed by atoms with Crippen molar-refractivity contribution in [3.05, 3.63) is 38.9 Å². The summed E-state index contributed by atoms with van der Waals surface area (Å²) in [4.78, 5) is 21.7. The maximum absolute atomic E-state index is 11.3. The van der Waals surface area contributed by atoms with Gasteiger partial charge in [-0.15, -0.1) is 0 Å². The number of hydrogen-bond acceptors (Lipinski definition) is 3. The molecule has 1 aliphatic carbocycles. The Morgan fingerprint density at radius 1 is 1.47 bits per heavy atom. The molecule has 0 aliphatic heterocycles. The highest BCUT2D eigenvalue weighted by atomic mass is 35.5. The fourth-order valence-electron chi connectivity index (χ4n) is 2.18. The second-order valence-electron chi connectivity index (χ2n) is 4.16. The van der Waals surface area contributed by atoms with E-state index in [-0.39, 0.29) is 11.3 Å². The van der Waals surface area contributed by atoms with E-state index < -0.39 is 16.3 Å². The highest BCUT2D eigenvalue weighted by Gasteiger charge is 2.49. The van der Waals surface area contributed by atoms with Gasteiger partial charge >= 0.3 is 5.97 Å². The number of hydrogen-bond donors (Lipinski definition) is 1. The average Bonchev–Trinajstić information content (AvgIpc) is 2.14. The van der Waals surface area contributed by atoms with Gasteiger partial charge in [0, 0.05) is 16.7 Å². The SMILES string of the molecule is O=C(O)C1(c2cc(Cl)ccc2[N+](=O)[O-])CCC1. The molecule has 6 heteroatoms. The summed E-state index contributed by atoms with van der Waals surface area (Å²) in [5.74, 6) is -1.02. The van der Waals surface area contributed by atoms with E-state index >= 15 is 0 Å². The number of rotatable bonds is 3. The zero-order chi connectivity index (χ0) is 12.6. The van der Waals surface area contributed by atoms with E-state index in [0.29, 0.717) is 17.9 Å². The molecule has 0 aromatic heterocycles. The van der Waals surface area contributed by atoms with E-state index in [4.69, 9.17) is 11.6 Å². The van der Waals surface area contributed by atoms with Crippen LogP contribution in [0.3, 0.4) is 0 Å². The molecule has 0 radical (unpaired) electrons. The second-order valence-corrected chi connectivity index (χ2v) is 4.60. The molecule has 0 atom stereocenters. The minimum Gasteiger partial charge on any atom is -0.481 e. The molecule has 2 rings (SSSR count). The first kappa shape index (κ1) is 11.9. The monoisotopic (exact) mass is 255 g/mol. The Balaban J connectivity index is 2.60. The molecule has 5 nitrogen and oxygen atoms in total. The van der Waals surface area contributed by atoms with E-state index in [1.165, 1.54) is 18.2 Å². The molecule has 1 saturated carbocycles. The van der Waals surface area contributed by atoms with Crippen LogP contribution in [0, 0.1) is 10.1 Å². The first-order chi connectivity index (χ1) is 7.97. The van der Waals surface area contributed by atoms with Crippen LogP contribution in [0.25, 0.3) is 0 Å². The van der Waals surface area contributed by atoms with Crippen LogP contribution in [0.1, 0.15) is 24.8 Å². The number of nitro groups is 1. The number of benzene rings is 1. The zero-order valence-corrected chi connectivity index (χ0v) is 9.61. The van der Waals surface area contributed by atoms with Gasteiger partial charge in [-0.2, -0.15) is 0 Å². The topological polar surface area (TPSA) is 80.4 Å². The lowest BCUT2D eigenvalue weighted by atomic mass is 9.64. The van der Waals surface area contributed by atoms with Crippen molar-refractivity contribution in [2.24, 2.45) is 0 Å². The predicted molar refractivity (Wildman–Crippen MR) is 61.3 cm³/mol. The number of nitro benzene ring substituents is 1. The molecule has 0 saturated heterocycles. The predicted octanol–water partition coefficient (Wildman–Crippen LogP) is 2.75. The van der Waals surface area contributed by atoms with E-state index in [0.717, 1.165) is 6.42 Å². The first-order valence-corrected chi connectivity index (χ1v) is 5.53. The molecule has 17 heavy (non-hydrogen) atoms. The lowest BCUT2D eigenvalue weighted by molar-refractivity contribution is -0.386. The maximum Gasteiger partial charge on any atom is 0.314 e. The van der Waals surface area contributed by atoms with E-state index in [1.807, 2.05) is 0 Å². The fourth-order valence-corrected chi connectivity index (χ4v) is 2.35. The summed E-state index contributed by atoms with van der Waals surface area (Å²) >= 11 is 5.80. The molecular weight excluding hydrogens is 246 g/mol. The standard InChI is InChI=1S/C11H10ClNO4/c12-7-2-3-9(13(16)17)8(6-7)11(10(14)15)4-1-5-11/h2-3,6H,1,4-5H2,(H,14,15). The summed E-state index contributed by atoms with van der Waals surface area (Å²) in [6.07, 6.45) is 1.60. The molecule has 1 N–H and O–H groups in total. The Bertz CT molecular complexity index is 496. The number of halogens is 1. The average molecular weight is 256 g/mol. The molecule has 90 valence electrons. The van der Waals surface area contributed by atoms with E-state index in [2.05, 4.69) is 0 Å². The Hall–Kier alpha value is -1.62. The molecule has 1 aliphatic rings. The largest absolute Gasteiger partial charge is 0.481 e. The summed E-state index contributed by atoms with van der Waals surface area (Å²) in [5.41, 5.74) is -1.09. The highest BCUT2D eigenvalue weighted by Crippen LogP contribution is 2.47. The molecule has 0 bridgehead atoms.